The molecule has 0 spiro atoms. The van der Waals surface area contributed by atoms with E-state index in [0.29, 0.717) is 24.3 Å². The minimum Gasteiger partial charge on any atom is -0.355 e. The van der Waals surface area contributed by atoms with Crippen molar-refractivity contribution in [3.05, 3.63) is 11.6 Å². The number of hydrogen-bond acceptors (Lipinski definition) is 2. The van der Waals surface area contributed by atoms with E-state index in [1.807, 2.05) is 4.90 Å². The zero-order valence-corrected chi connectivity index (χ0v) is 10.1. The Bertz CT molecular complexity index is 361. The Labute approximate surface area is 96.4 Å². The van der Waals surface area contributed by atoms with E-state index in [1.165, 1.54) is 5.57 Å². The van der Waals surface area contributed by atoms with Gasteiger partial charge in [0.25, 0.3) is 0 Å². The number of nitrogens with zero attached hydrogens (tertiary/aromatic N) is 1. The van der Waals surface area contributed by atoms with E-state index >= 15 is 0 Å². The molecule has 3 heteroatoms. The van der Waals surface area contributed by atoms with Crippen LogP contribution in [0.1, 0.15) is 27.2 Å². The highest BCUT2D eigenvalue weighted by molar-refractivity contribution is 5.84. The van der Waals surface area contributed by atoms with E-state index in [2.05, 4.69) is 26.8 Å². The molecule has 88 valence electrons. The fourth-order valence-electron chi connectivity index (χ4n) is 3.41. The highest BCUT2D eigenvalue weighted by Gasteiger charge is 2.56. The van der Waals surface area contributed by atoms with Gasteiger partial charge in [0, 0.05) is 5.92 Å². The van der Waals surface area contributed by atoms with Gasteiger partial charge in [-0.05, 0) is 19.3 Å². The quantitative estimate of drug-likeness (QED) is 0.632. The van der Waals surface area contributed by atoms with Gasteiger partial charge in [0.2, 0.25) is 5.91 Å². The Morgan fingerprint density at radius 2 is 2.25 bits per heavy atom. The molecule has 0 N–H and O–H groups in total. The van der Waals surface area contributed by atoms with E-state index in [0.717, 1.165) is 6.42 Å². The average molecular weight is 221 g/mol. The Kier molecular flexibility index (Phi) is 2.15. The molecule has 0 saturated carbocycles. The Hall–Kier alpha value is -0.830. The summed E-state index contributed by atoms with van der Waals surface area (Å²) >= 11 is 0. The average Bonchev–Trinajstić information content (AvgIpc) is 2.83. The summed E-state index contributed by atoms with van der Waals surface area (Å²) in [6, 6.07) is 0.288. The first-order valence-corrected chi connectivity index (χ1v) is 6.21. The van der Waals surface area contributed by atoms with Gasteiger partial charge in [-0.15, -0.1) is 0 Å². The number of hydrogen-bond donors (Lipinski definition) is 0. The second kappa shape index (κ2) is 3.33. The Balaban J connectivity index is 1.92. The van der Waals surface area contributed by atoms with Crippen LogP contribution < -0.4 is 0 Å². The molecule has 2 fully saturated rings. The van der Waals surface area contributed by atoms with Crippen molar-refractivity contribution in [1.29, 1.82) is 0 Å². The van der Waals surface area contributed by atoms with Crippen LogP contribution in [0.3, 0.4) is 0 Å². The first-order chi connectivity index (χ1) is 7.61. The van der Waals surface area contributed by atoms with E-state index in [-0.39, 0.29) is 18.2 Å². The lowest BCUT2D eigenvalue weighted by atomic mass is 9.94. The predicted octanol–water partition coefficient (Wildman–Crippen LogP) is 1.79. The molecular formula is C13H19NO2. The van der Waals surface area contributed by atoms with Crippen molar-refractivity contribution in [2.24, 2.45) is 17.8 Å². The molecule has 2 heterocycles. The molecule has 0 bridgehead atoms. The van der Waals surface area contributed by atoms with Crippen LogP contribution >= 0.6 is 0 Å². The lowest BCUT2D eigenvalue weighted by Crippen LogP contribution is -2.40. The maximum Gasteiger partial charge on any atom is 0.229 e. The van der Waals surface area contributed by atoms with E-state index in [9.17, 15) is 4.79 Å². The van der Waals surface area contributed by atoms with E-state index in [1.54, 1.807) is 0 Å². The summed E-state index contributed by atoms with van der Waals surface area (Å²) in [4.78, 5) is 14.4. The molecule has 0 unspecified atom stereocenters. The molecule has 3 aliphatic rings. The van der Waals surface area contributed by atoms with Gasteiger partial charge in [0.05, 0.1) is 18.6 Å². The van der Waals surface area contributed by atoms with Gasteiger partial charge in [-0.3, -0.25) is 4.79 Å². The predicted molar refractivity (Wildman–Crippen MR) is 60.6 cm³/mol. The number of carbonyl (C=O) groups excluding carboxylic acids is 1. The van der Waals surface area contributed by atoms with Crippen molar-refractivity contribution in [2.75, 3.05) is 6.61 Å². The molecule has 0 aromatic rings. The smallest absolute Gasteiger partial charge is 0.229 e. The van der Waals surface area contributed by atoms with Crippen LogP contribution in [0.15, 0.2) is 11.6 Å². The number of amides is 1. The monoisotopic (exact) mass is 221 g/mol. The van der Waals surface area contributed by atoms with Gasteiger partial charge in [0.1, 0.15) is 6.23 Å². The molecule has 0 aromatic heterocycles. The van der Waals surface area contributed by atoms with Gasteiger partial charge in [-0.25, -0.2) is 0 Å². The molecular weight excluding hydrogens is 202 g/mol. The summed E-state index contributed by atoms with van der Waals surface area (Å²) in [6.07, 6.45) is 3.15. The van der Waals surface area contributed by atoms with Gasteiger partial charge in [0.15, 0.2) is 0 Å². The third-order valence-corrected chi connectivity index (χ3v) is 4.37. The highest BCUT2D eigenvalue weighted by atomic mass is 16.5. The minimum atomic E-state index is 0.0312. The first-order valence-electron chi connectivity index (χ1n) is 6.21. The van der Waals surface area contributed by atoms with Gasteiger partial charge in [-0.1, -0.05) is 25.5 Å². The van der Waals surface area contributed by atoms with Crippen molar-refractivity contribution >= 4 is 5.91 Å². The molecule has 3 nitrogen and oxygen atoms in total. The normalized spacial score (nSPS) is 41.6. The second-order valence-corrected chi connectivity index (χ2v) is 5.60. The molecule has 16 heavy (non-hydrogen) atoms. The molecule has 2 aliphatic heterocycles. The molecule has 4 atom stereocenters. The van der Waals surface area contributed by atoms with Gasteiger partial charge in [-0.2, -0.15) is 0 Å². The summed E-state index contributed by atoms with van der Waals surface area (Å²) in [5.41, 5.74) is 1.34. The number of carbonyl (C=O) groups is 1. The first kappa shape index (κ1) is 10.3. The number of rotatable bonds is 1. The second-order valence-electron chi connectivity index (χ2n) is 5.60. The zero-order valence-electron chi connectivity index (χ0n) is 10.1. The molecule has 1 amide bonds. The summed E-state index contributed by atoms with van der Waals surface area (Å²) < 4.78 is 5.87. The molecule has 1 aliphatic carbocycles. The lowest BCUT2D eigenvalue weighted by Gasteiger charge is -2.26. The highest BCUT2D eigenvalue weighted by Crippen LogP contribution is 2.47. The van der Waals surface area contributed by atoms with E-state index < -0.39 is 0 Å². The summed E-state index contributed by atoms with van der Waals surface area (Å²) in [7, 11) is 0. The van der Waals surface area contributed by atoms with Crippen molar-refractivity contribution in [1.82, 2.24) is 4.90 Å². The van der Waals surface area contributed by atoms with Crippen LogP contribution in [0.25, 0.3) is 0 Å². The van der Waals surface area contributed by atoms with E-state index in [4.69, 9.17) is 4.74 Å². The molecule has 2 saturated heterocycles. The minimum absolute atomic E-state index is 0.0312. The standard InChI is InChI=1S/C13H19NO2/c1-7(2)10-6-16-13-11-8(3)4-5-9(11)12(15)14(10)13/h4,7,9-11,13H,5-6H2,1-3H3/t9-,10+,11+,13+/m0/s1. The van der Waals surface area contributed by atoms with Crippen LogP contribution in [0.5, 0.6) is 0 Å². The molecule has 0 aromatic carbocycles. The van der Waals surface area contributed by atoms with Crippen molar-refractivity contribution in [2.45, 2.75) is 39.5 Å². The van der Waals surface area contributed by atoms with Crippen LogP contribution in [0.4, 0.5) is 0 Å². The number of allylic oxidation sites excluding steroid dienone is 1. The van der Waals surface area contributed by atoms with Crippen LogP contribution in [-0.2, 0) is 9.53 Å². The Morgan fingerprint density at radius 1 is 1.50 bits per heavy atom. The van der Waals surface area contributed by atoms with Gasteiger partial charge < -0.3 is 9.64 Å². The summed E-state index contributed by atoms with van der Waals surface area (Å²) in [6.45, 7) is 7.18. The van der Waals surface area contributed by atoms with Crippen LogP contribution in [0.2, 0.25) is 0 Å². The zero-order chi connectivity index (χ0) is 11.4. The van der Waals surface area contributed by atoms with Crippen LogP contribution in [0, 0.1) is 17.8 Å². The maximum atomic E-state index is 12.3. The molecule has 3 rings (SSSR count). The van der Waals surface area contributed by atoms with Crippen molar-refractivity contribution in [3.63, 3.8) is 0 Å². The SMILES string of the molecule is CC1=CC[C@@H]2C(=O)N3[C@@H](C(C)C)CO[C@@H]3[C@H]12. The summed E-state index contributed by atoms with van der Waals surface area (Å²) in [5, 5.41) is 0. The number of ether oxygens (including phenoxy) is 1. The fourth-order valence-corrected chi connectivity index (χ4v) is 3.41. The fraction of sp³-hybridized carbons (Fsp3) is 0.769. The summed E-state index contributed by atoms with van der Waals surface area (Å²) in [5.74, 6) is 1.30. The topological polar surface area (TPSA) is 29.5 Å². The third kappa shape index (κ3) is 1.15. The van der Waals surface area contributed by atoms with Crippen LogP contribution in [-0.4, -0.2) is 29.7 Å². The van der Waals surface area contributed by atoms with Gasteiger partial charge >= 0.3 is 0 Å². The maximum absolute atomic E-state index is 12.3. The largest absolute Gasteiger partial charge is 0.355 e. The third-order valence-electron chi connectivity index (χ3n) is 4.37. The number of fused-ring (bicyclic) bond motifs is 3. The van der Waals surface area contributed by atoms with Crippen molar-refractivity contribution in [3.8, 4) is 0 Å². The molecule has 0 radical (unpaired) electrons. The lowest BCUT2D eigenvalue weighted by molar-refractivity contribution is -0.134. The van der Waals surface area contributed by atoms with Crippen molar-refractivity contribution < 1.29 is 9.53 Å². The Morgan fingerprint density at radius 3 is 2.94 bits per heavy atom.